The van der Waals surface area contributed by atoms with Crippen LogP contribution < -0.4 is 10.6 Å². The molecule has 1 unspecified atom stereocenters. The highest BCUT2D eigenvalue weighted by Gasteiger charge is 2.25. The third-order valence-electron chi connectivity index (χ3n) is 5.65. The van der Waals surface area contributed by atoms with Crippen molar-refractivity contribution in [1.29, 1.82) is 5.26 Å². The molecule has 2 N–H and O–H groups in total. The maximum atomic E-state index is 11.4. The number of nitriles is 1. The van der Waals surface area contributed by atoms with Crippen LogP contribution in [0.1, 0.15) is 25.7 Å². The Morgan fingerprint density at radius 1 is 1.31 bits per heavy atom. The Labute approximate surface area is 186 Å². The zero-order valence-corrected chi connectivity index (χ0v) is 17.9. The van der Waals surface area contributed by atoms with E-state index in [2.05, 4.69) is 36.5 Å². The van der Waals surface area contributed by atoms with Gasteiger partial charge >= 0.3 is 6.09 Å². The molecule has 0 spiro atoms. The molecule has 4 rings (SSSR count). The van der Waals surface area contributed by atoms with Crippen LogP contribution in [-0.2, 0) is 11.3 Å². The SMILES string of the molecule is COC(=O)Nc1cccc(Nc2nccc(-c3cnn(CC(C#N)C4CCCC4)c3)n2)c1. The van der Waals surface area contributed by atoms with Gasteiger partial charge in [-0.3, -0.25) is 10.00 Å². The van der Waals surface area contributed by atoms with Gasteiger partial charge in [0.25, 0.3) is 0 Å². The monoisotopic (exact) mass is 431 g/mol. The molecule has 1 aliphatic carbocycles. The molecule has 9 nitrogen and oxygen atoms in total. The first-order valence-electron chi connectivity index (χ1n) is 10.6. The maximum Gasteiger partial charge on any atom is 0.411 e. The lowest BCUT2D eigenvalue weighted by Gasteiger charge is -2.15. The Bertz CT molecular complexity index is 1120. The van der Waals surface area contributed by atoms with E-state index in [0.717, 1.165) is 29.8 Å². The van der Waals surface area contributed by atoms with E-state index < -0.39 is 6.09 Å². The molecule has 3 aromatic rings. The van der Waals surface area contributed by atoms with Gasteiger partial charge in [0.05, 0.1) is 37.5 Å². The average Bonchev–Trinajstić information content (AvgIpc) is 3.50. The Morgan fingerprint density at radius 2 is 2.12 bits per heavy atom. The second kappa shape index (κ2) is 9.92. The van der Waals surface area contributed by atoms with Gasteiger partial charge in [-0.1, -0.05) is 18.9 Å². The lowest BCUT2D eigenvalue weighted by molar-refractivity contribution is 0.187. The number of ether oxygens (including phenoxy) is 1. The Balaban J connectivity index is 1.45. The molecule has 1 saturated carbocycles. The fraction of sp³-hybridized carbons (Fsp3) is 0.348. The molecular weight excluding hydrogens is 406 g/mol. The molecule has 32 heavy (non-hydrogen) atoms. The largest absolute Gasteiger partial charge is 0.453 e. The highest BCUT2D eigenvalue weighted by Crippen LogP contribution is 2.32. The third kappa shape index (κ3) is 5.21. The minimum absolute atomic E-state index is 0.0150. The number of carbonyl (C=O) groups excluding carboxylic acids is 1. The summed E-state index contributed by atoms with van der Waals surface area (Å²) in [7, 11) is 1.31. The fourth-order valence-electron chi connectivity index (χ4n) is 4.00. The predicted octanol–water partition coefficient (Wildman–Crippen LogP) is 4.59. The van der Waals surface area contributed by atoms with Crippen LogP contribution in [-0.4, -0.2) is 33.0 Å². The maximum absolute atomic E-state index is 11.4. The van der Waals surface area contributed by atoms with Gasteiger partial charge < -0.3 is 10.1 Å². The number of anilines is 3. The molecule has 1 aliphatic rings. The standard InChI is InChI=1S/C23H25N7O2/c1-32-23(31)28-20-8-4-7-19(11-20)27-22-25-10-9-21(29-22)18-13-26-30(15-18)14-17(12-24)16-5-2-3-6-16/h4,7-11,13,15-17H,2-3,5-6,14H2,1H3,(H,28,31)(H,25,27,29). The van der Waals surface area contributed by atoms with Crippen molar-refractivity contribution >= 4 is 23.4 Å². The van der Waals surface area contributed by atoms with Crippen LogP contribution in [0.25, 0.3) is 11.3 Å². The quantitative estimate of drug-likeness (QED) is 0.561. The molecule has 0 radical (unpaired) electrons. The summed E-state index contributed by atoms with van der Waals surface area (Å²) in [6.07, 6.45) is 9.51. The highest BCUT2D eigenvalue weighted by molar-refractivity contribution is 5.85. The number of benzene rings is 1. The van der Waals surface area contributed by atoms with E-state index in [0.29, 0.717) is 24.1 Å². The number of aromatic nitrogens is 4. The van der Waals surface area contributed by atoms with Crippen molar-refractivity contribution in [3.63, 3.8) is 0 Å². The Hall–Kier alpha value is -3.93. The molecule has 1 fully saturated rings. The molecular formula is C23H25N7O2. The molecule has 1 atom stereocenters. The number of hydrogen-bond acceptors (Lipinski definition) is 7. The van der Waals surface area contributed by atoms with Gasteiger partial charge in [-0.2, -0.15) is 10.4 Å². The van der Waals surface area contributed by atoms with Gasteiger partial charge in [0.1, 0.15) is 0 Å². The normalized spacial score (nSPS) is 14.5. The minimum atomic E-state index is -0.538. The molecule has 0 bridgehead atoms. The molecule has 2 aromatic heterocycles. The van der Waals surface area contributed by atoms with Crippen molar-refractivity contribution in [2.75, 3.05) is 17.7 Å². The van der Waals surface area contributed by atoms with Gasteiger partial charge in [0, 0.05) is 29.3 Å². The third-order valence-corrected chi connectivity index (χ3v) is 5.65. The van der Waals surface area contributed by atoms with Crippen molar-refractivity contribution < 1.29 is 9.53 Å². The second-order valence-electron chi connectivity index (χ2n) is 7.82. The summed E-state index contributed by atoms with van der Waals surface area (Å²) in [6, 6.07) is 11.5. The predicted molar refractivity (Wildman–Crippen MR) is 120 cm³/mol. The van der Waals surface area contributed by atoms with Crippen molar-refractivity contribution in [3.8, 4) is 17.3 Å². The smallest absolute Gasteiger partial charge is 0.411 e. The zero-order valence-electron chi connectivity index (χ0n) is 17.9. The summed E-state index contributed by atoms with van der Waals surface area (Å²) in [5.74, 6) is 0.872. The van der Waals surface area contributed by atoms with Crippen LogP contribution >= 0.6 is 0 Å². The van der Waals surface area contributed by atoms with Crippen LogP contribution in [0, 0.1) is 23.2 Å². The number of rotatable bonds is 7. The van der Waals surface area contributed by atoms with E-state index in [1.165, 1.54) is 20.0 Å². The van der Waals surface area contributed by atoms with E-state index in [4.69, 9.17) is 0 Å². The molecule has 1 aromatic carbocycles. The average molecular weight is 432 g/mol. The van der Waals surface area contributed by atoms with Crippen LogP contribution in [0.5, 0.6) is 0 Å². The minimum Gasteiger partial charge on any atom is -0.453 e. The van der Waals surface area contributed by atoms with Crippen molar-refractivity contribution in [2.24, 2.45) is 11.8 Å². The van der Waals surface area contributed by atoms with Crippen molar-refractivity contribution in [2.45, 2.75) is 32.2 Å². The number of hydrogen-bond donors (Lipinski definition) is 2. The molecule has 0 saturated heterocycles. The number of nitrogens with zero attached hydrogens (tertiary/aromatic N) is 5. The van der Waals surface area contributed by atoms with E-state index in [1.54, 1.807) is 30.6 Å². The van der Waals surface area contributed by atoms with Crippen LogP contribution in [0.4, 0.5) is 22.1 Å². The second-order valence-corrected chi connectivity index (χ2v) is 7.82. The van der Waals surface area contributed by atoms with Crippen molar-refractivity contribution in [3.05, 3.63) is 48.9 Å². The fourth-order valence-corrected chi connectivity index (χ4v) is 4.00. The number of amides is 1. The molecule has 2 heterocycles. The van der Waals surface area contributed by atoms with E-state index in [-0.39, 0.29) is 5.92 Å². The zero-order chi connectivity index (χ0) is 22.3. The Morgan fingerprint density at radius 3 is 2.91 bits per heavy atom. The van der Waals surface area contributed by atoms with Crippen LogP contribution in [0.15, 0.2) is 48.9 Å². The van der Waals surface area contributed by atoms with E-state index >= 15 is 0 Å². The molecule has 9 heteroatoms. The lowest BCUT2D eigenvalue weighted by atomic mass is 9.92. The summed E-state index contributed by atoms with van der Waals surface area (Å²) in [6.45, 7) is 0.595. The first kappa shape index (κ1) is 21.3. The van der Waals surface area contributed by atoms with Crippen LogP contribution in [0.2, 0.25) is 0 Å². The highest BCUT2D eigenvalue weighted by atomic mass is 16.5. The first-order chi connectivity index (χ1) is 15.6. The number of methoxy groups -OCH3 is 1. The van der Waals surface area contributed by atoms with Crippen molar-refractivity contribution in [1.82, 2.24) is 19.7 Å². The Kier molecular flexibility index (Phi) is 6.60. The summed E-state index contributed by atoms with van der Waals surface area (Å²) in [5, 5.41) is 19.8. The van der Waals surface area contributed by atoms with Gasteiger partial charge in [0.15, 0.2) is 0 Å². The summed E-state index contributed by atoms with van der Waals surface area (Å²) in [4.78, 5) is 20.3. The molecule has 1 amide bonds. The van der Waals surface area contributed by atoms with Gasteiger partial charge in [0.2, 0.25) is 5.95 Å². The van der Waals surface area contributed by atoms with E-state index in [9.17, 15) is 10.1 Å². The first-order valence-corrected chi connectivity index (χ1v) is 10.6. The van der Waals surface area contributed by atoms with Gasteiger partial charge in [-0.25, -0.2) is 14.8 Å². The van der Waals surface area contributed by atoms with Crippen LogP contribution in [0.3, 0.4) is 0 Å². The van der Waals surface area contributed by atoms with Gasteiger partial charge in [-0.15, -0.1) is 0 Å². The summed E-state index contributed by atoms with van der Waals surface area (Å²) in [5.41, 5.74) is 2.90. The summed E-state index contributed by atoms with van der Waals surface area (Å²) >= 11 is 0. The number of carbonyl (C=O) groups is 1. The topological polar surface area (TPSA) is 118 Å². The molecule has 0 aliphatic heterocycles. The lowest BCUT2D eigenvalue weighted by Crippen LogP contribution is -2.17. The van der Waals surface area contributed by atoms with E-state index in [1.807, 2.05) is 23.0 Å². The summed E-state index contributed by atoms with van der Waals surface area (Å²) < 4.78 is 6.45. The number of nitrogens with one attached hydrogen (secondary N) is 2. The molecule has 164 valence electrons. The van der Waals surface area contributed by atoms with Gasteiger partial charge in [-0.05, 0) is 43.0 Å².